The molecule has 0 aliphatic rings. The molecule has 0 amide bonds. The van der Waals surface area contributed by atoms with Crippen molar-refractivity contribution >= 4 is 5.97 Å². The van der Waals surface area contributed by atoms with Gasteiger partial charge in [-0.1, -0.05) is 115 Å². The van der Waals surface area contributed by atoms with Gasteiger partial charge in [-0.15, -0.1) is 0 Å². The van der Waals surface area contributed by atoms with Crippen LogP contribution in [-0.2, 0) is 9.53 Å². The maximum Gasteiger partial charge on any atom is 0.302 e. The number of carbonyl (C=O) groups excluding carboxylic acids is 1. The molecule has 0 rings (SSSR count). The Morgan fingerprint density at radius 2 is 0.929 bits per heavy atom. The third kappa shape index (κ3) is 25.2. The summed E-state index contributed by atoms with van der Waals surface area (Å²) < 4.78 is 4.94. The molecule has 0 aliphatic carbocycles. The molecule has 0 radical (unpaired) electrons. The summed E-state index contributed by atoms with van der Waals surface area (Å²) in [5.74, 6) is -0.156. The first-order valence-corrected chi connectivity index (χ1v) is 12.6. The number of hydrogen-bond acceptors (Lipinski definition) is 2. The molecule has 0 N–H and O–H groups in total. The molecule has 0 bridgehead atoms. The predicted octanol–water partition coefficient (Wildman–Crippen LogP) is 8.93. The molecule has 0 aliphatic heterocycles. The summed E-state index contributed by atoms with van der Waals surface area (Å²) in [7, 11) is 0. The van der Waals surface area contributed by atoms with Crippen LogP contribution in [0, 0.1) is 0 Å². The third-order valence-electron chi connectivity index (χ3n) is 5.46. The van der Waals surface area contributed by atoms with E-state index in [4.69, 9.17) is 4.74 Å². The highest BCUT2D eigenvalue weighted by atomic mass is 16.5. The Morgan fingerprint density at radius 3 is 1.32 bits per heavy atom. The van der Waals surface area contributed by atoms with E-state index >= 15 is 0 Å². The van der Waals surface area contributed by atoms with Gasteiger partial charge in [-0.2, -0.15) is 0 Å². The summed E-state index contributed by atoms with van der Waals surface area (Å²) in [6.45, 7) is 4.36. The van der Waals surface area contributed by atoms with Crippen molar-refractivity contribution in [2.24, 2.45) is 0 Å². The van der Waals surface area contributed by atoms with Gasteiger partial charge < -0.3 is 4.74 Å². The monoisotopic (exact) mass is 394 g/mol. The van der Waals surface area contributed by atoms with Gasteiger partial charge in [0.2, 0.25) is 0 Å². The highest BCUT2D eigenvalue weighted by Gasteiger charge is 1.95. The summed E-state index contributed by atoms with van der Waals surface area (Å²) in [6.07, 6.45) is 31.9. The van der Waals surface area contributed by atoms with Crippen LogP contribution >= 0.6 is 0 Å². The van der Waals surface area contributed by atoms with Crippen molar-refractivity contribution in [1.82, 2.24) is 0 Å². The predicted molar refractivity (Wildman–Crippen MR) is 124 cm³/mol. The lowest BCUT2D eigenvalue weighted by molar-refractivity contribution is -0.141. The summed E-state index contributed by atoms with van der Waals surface area (Å²) >= 11 is 0. The molecule has 0 saturated heterocycles. The zero-order valence-corrected chi connectivity index (χ0v) is 19.3. The van der Waals surface area contributed by atoms with Crippen LogP contribution in [0.1, 0.15) is 142 Å². The topological polar surface area (TPSA) is 26.3 Å². The summed E-state index contributed by atoms with van der Waals surface area (Å²) in [5, 5.41) is 0. The van der Waals surface area contributed by atoms with E-state index in [1.54, 1.807) is 0 Å². The van der Waals surface area contributed by atoms with Crippen LogP contribution in [-0.4, -0.2) is 12.6 Å². The minimum Gasteiger partial charge on any atom is -0.466 e. The van der Waals surface area contributed by atoms with Crippen LogP contribution in [0.4, 0.5) is 0 Å². The maximum atomic E-state index is 10.6. The number of rotatable bonds is 22. The van der Waals surface area contributed by atoms with E-state index in [0.717, 1.165) is 6.42 Å². The fraction of sp³-hybridized carbons (Fsp3) is 0.885. The number of esters is 1. The van der Waals surface area contributed by atoms with E-state index in [0.29, 0.717) is 6.61 Å². The van der Waals surface area contributed by atoms with Gasteiger partial charge in [0, 0.05) is 6.92 Å². The Hall–Kier alpha value is -0.790. The molecule has 2 heteroatoms. The van der Waals surface area contributed by atoms with Gasteiger partial charge in [-0.05, 0) is 32.1 Å². The number of hydrogen-bond donors (Lipinski definition) is 0. The van der Waals surface area contributed by atoms with Gasteiger partial charge in [-0.3, -0.25) is 4.79 Å². The minimum absolute atomic E-state index is 0.156. The second-order valence-corrected chi connectivity index (χ2v) is 8.40. The molecular formula is C26H50O2. The van der Waals surface area contributed by atoms with Crippen LogP contribution in [0.25, 0.3) is 0 Å². The lowest BCUT2D eigenvalue weighted by Crippen LogP contribution is -1.99. The Morgan fingerprint density at radius 1 is 0.571 bits per heavy atom. The molecule has 0 spiro atoms. The van der Waals surface area contributed by atoms with E-state index in [9.17, 15) is 4.79 Å². The average Bonchev–Trinajstić information content (AvgIpc) is 2.68. The van der Waals surface area contributed by atoms with E-state index in [2.05, 4.69) is 19.1 Å². The Bertz CT molecular complexity index is 335. The van der Waals surface area contributed by atoms with Crippen molar-refractivity contribution in [3.63, 3.8) is 0 Å². The SMILES string of the molecule is CCCCCCCCCCCCC/C=C/CCCCCCCCCOC(C)=O. The van der Waals surface area contributed by atoms with E-state index in [1.807, 2.05) is 0 Å². The quantitative estimate of drug-likeness (QED) is 0.104. The fourth-order valence-electron chi connectivity index (χ4n) is 3.63. The van der Waals surface area contributed by atoms with E-state index in [1.165, 1.54) is 129 Å². The van der Waals surface area contributed by atoms with Crippen LogP contribution in [0.3, 0.4) is 0 Å². The summed E-state index contributed by atoms with van der Waals surface area (Å²) in [5.41, 5.74) is 0. The average molecular weight is 395 g/mol. The lowest BCUT2D eigenvalue weighted by atomic mass is 10.0. The Balaban J connectivity index is 3.08. The number of carbonyl (C=O) groups is 1. The molecule has 0 aromatic rings. The van der Waals surface area contributed by atoms with Gasteiger partial charge in [-0.25, -0.2) is 0 Å². The van der Waals surface area contributed by atoms with E-state index < -0.39 is 0 Å². The summed E-state index contributed by atoms with van der Waals surface area (Å²) in [6, 6.07) is 0. The fourth-order valence-corrected chi connectivity index (χ4v) is 3.63. The third-order valence-corrected chi connectivity index (χ3v) is 5.46. The zero-order valence-electron chi connectivity index (χ0n) is 19.3. The zero-order chi connectivity index (χ0) is 20.5. The van der Waals surface area contributed by atoms with Crippen molar-refractivity contribution in [2.75, 3.05) is 6.61 Å². The molecule has 0 heterocycles. The lowest BCUT2D eigenvalue weighted by Gasteiger charge is -2.02. The minimum atomic E-state index is -0.156. The van der Waals surface area contributed by atoms with Crippen molar-refractivity contribution < 1.29 is 9.53 Å². The molecule has 0 saturated carbocycles. The molecule has 0 unspecified atom stereocenters. The molecule has 2 nitrogen and oxygen atoms in total. The molecule has 0 fully saturated rings. The normalized spacial score (nSPS) is 11.4. The highest BCUT2D eigenvalue weighted by molar-refractivity contribution is 5.65. The Kier molecular flexibility index (Phi) is 23.6. The first kappa shape index (κ1) is 27.2. The summed E-state index contributed by atoms with van der Waals surface area (Å²) in [4.78, 5) is 10.6. The molecular weight excluding hydrogens is 344 g/mol. The van der Waals surface area contributed by atoms with Crippen molar-refractivity contribution in [3.8, 4) is 0 Å². The molecule has 28 heavy (non-hydrogen) atoms. The van der Waals surface area contributed by atoms with Crippen LogP contribution in [0.2, 0.25) is 0 Å². The smallest absolute Gasteiger partial charge is 0.302 e. The Labute approximate surface area is 176 Å². The van der Waals surface area contributed by atoms with Crippen molar-refractivity contribution in [2.45, 2.75) is 142 Å². The van der Waals surface area contributed by atoms with Crippen LogP contribution in [0.15, 0.2) is 12.2 Å². The van der Waals surface area contributed by atoms with Gasteiger partial charge >= 0.3 is 5.97 Å². The van der Waals surface area contributed by atoms with Gasteiger partial charge in [0.15, 0.2) is 0 Å². The second-order valence-electron chi connectivity index (χ2n) is 8.40. The second kappa shape index (κ2) is 24.2. The standard InChI is InChI=1S/C26H50O2/c1-3-4-5-6-7-8-9-10-11-12-13-14-15-16-17-18-19-20-21-22-23-24-25-28-26(2)27/h15-16H,3-14,17-25H2,1-2H3/b16-15+. The van der Waals surface area contributed by atoms with Gasteiger partial charge in [0.05, 0.1) is 6.61 Å². The first-order chi connectivity index (χ1) is 13.8. The van der Waals surface area contributed by atoms with Crippen molar-refractivity contribution in [1.29, 1.82) is 0 Å². The number of ether oxygens (including phenoxy) is 1. The number of allylic oxidation sites excluding steroid dienone is 2. The number of unbranched alkanes of at least 4 members (excludes halogenated alkanes) is 18. The molecule has 0 aromatic carbocycles. The highest BCUT2D eigenvalue weighted by Crippen LogP contribution is 2.12. The molecule has 166 valence electrons. The molecule has 0 atom stereocenters. The first-order valence-electron chi connectivity index (χ1n) is 12.6. The largest absolute Gasteiger partial charge is 0.466 e. The van der Waals surface area contributed by atoms with Crippen LogP contribution < -0.4 is 0 Å². The van der Waals surface area contributed by atoms with E-state index in [-0.39, 0.29) is 5.97 Å². The maximum absolute atomic E-state index is 10.6. The van der Waals surface area contributed by atoms with Gasteiger partial charge in [0.1, 0.15) is 0 Å². The van der Waals surface area contributed by atoms with Crippen molar-refractivity contribution in [3.05, 3.63) is 12.2 Å². The van der Waals surface area contributed by atoms with Crippen LogP contribution in [0.5, 0.6) is 0 Å². The molecule has 0 aromatic heterocycles. The van der Waals surface area contributed by atoms with Gasteiger partial charge in [0.25, 0.3) is 0 Å².